The Balaban J connectivity index is 2.18. The van der Waals surface area contributed by atoms with Crippen molar-refractivity contribution in [1.82, 2.24) is 15.5 Å². The summed E-state index contributed by atoms with van der Waals surface area (Å²) >= 11 is 0. The minimum atomic E-state index is -0.963. The molecule has 0 fully saturated rings. The first-order valence-corrected chi connectivity index (χ1v) is 10.3. The van der Waals surface area contributed by atoms with Crippen LogP contribution in [0.15, 0.2) is 54.6 Å². The van der Waals surface area contributed by atoms with Crippen LogP contribution in [-0.4, -0.2) is 46.6 Å². The SMILES string of the molecule is CC(NC(=O)OC(C)(C)C)C(=O)N(C)C(C(=O)NCc1ccccc1)c1ccc(O)cc1. The molecule has 3 amide bonds. The summed E-state index contributed by atoms with van der Waals surface area (Å²) in [6, 6.07) is 13.6. The number of nitrogens with zero attached hydrogens (tertiary/aromatic N) is 1. The molecule has 0 aromatic heterocycles. The number of benzene rings is 2. The van der Waals surface area contributed by atoms with Crippen LogP contribution in [0.2, 0.25) is 0 Å². The van der Waals surface area contributed by atoms with Crippen LogP contribution in [0.3, 0.4) is 0 Å². The Hall–Kier alpha value is -3.55. The van der Waals surface area contributed by atoms with E-state index in [9.17, 15) is 19.5 Å². The fourth-order valence-electron chi connectivity index (χ4n) is 3.07. The van der Waals surface area contributed by atoms with Gasteiger partial charge in [-0.2, -0.15) is 0 Å². The molecule has 0 saturated heterocycles. The zero-order valence-corrected chi connectivity index (χ0v) is 19.1. The quantitative estimate of drug-likeness (QED) is 0.612. The lowest BCUT2D eigenvalue weighted by atomic mass is 10.0. The smallest absolute Gasteiger partial charge is 0.408 e. The Morgan fingerprint density at radius 2 is 1.62 bits per heavy atom. The van der Waals surface area contributed by atoms with Crippen molar-refractivity contribution in [1.29, 1.82) is 0 Å². The summed E-state index contributed by atoms with van der Waals surface area (Å²) < 4.78 is 5.20. The number of amides is 3. The average molecular weight is 442 g/mol. The molecule has 3 N–H and O–H groups in total. The van der Waals surface area contributed by atoms with E-state index in [4.69, 9.17) is 4.74 Å². The van der Waals surface area contributed by atoms with E-state index in [0.717, 1.165) is 5.56 Å². The van der Waals surface area contributed by atoms with Crippen molar-refractivity contribution in [3.05, 3.63) is 65.7 Å². The lowest BCUT2D eigenvalue weighted by Gasteiger charge is -2.30. The Kier molecular flexibility index (Phi) is 8.23. The highest BCUT2D eigenvalue weighted by atomic mass is 16.6. The lowest BCUT2D eigenvalue weighted by molar-refractivity contribution is -0.140. The number of phenolic OH excluding ortho intramolecular Hbond substituents is 1. The molecule has 0 radical (unpaired) electrons. The van der Waals surface area contributed by atoms with Crippen molar-refractivity contribution in [2.45, 2.75) is 51.9 Å². The number of hydrogen-bond donors (Lipinski definition) is 3. The second-order valence-corrected chi connectivity index (χ2v) is 8.51. The lowest BCUT2D eigenvalue weighted by Crippen LogP contribution is -2.50. The zero-order valence-electron chi connectivity index (χ0n) is 19.1. The first kappa shape index (κ1) is 24.7. The Morgan fingerprint density at radius 1 is 1.03 bits per heavy atom. The van der Waals surface area contributed by atoms with E-state index in [1.54, 1.807) is 32.9 Å². The molecule has 0 spiro atoms. The summed E-state index contributed by atoms with van der Waals surface area (Å²) in [4.78, 5) is 39.5. The number of hydrogen-bond acceptors (Lipinski definition) is 5. The maximum absolute atomic E-state index is 13.1. The van der Waals surface area contributed by atoms with Crippen LogP contribution < -0.4 is 10.6 Å². The van der Waals surface area contributed by atoms with Gasteiger partial charge in [0.05, 0.1) is 0 Å². The van der Waals surface area contributed by atoms with Gasteiger partial charge in [-0.05, 0) is 51.0 Å². The summed E-state index contributed by atoms with van der Waals surface area (Å²) in [5.74, 6) is -0.810. The second-order valence-electron chi connectivity index (χ2n) is 8.51. The normalized spacial score (nSPS) is 12.9. The van der Waals surface area contributed by atoms with Gasteiger partial charge >= 0.3 is 6.09 Å². The summed E-state index contributed by atoms with van der Waals surface area (Å²) in [5.41, 5.74) is 0.734. The number of carbonyl (C=O) groups excluding carboxylic acids is 3. The van der Waals surface area contributed by atoms with Crippen molar-refractivity contribution in [2.75, 3.05) is 7.05 Å². The van der Waals surface area contributed by atoms with E-state index in [0.29, 0.717) is 12.1 Å². The summed E-state index contributed by atoms with van der Waals surface area (Å²) in [7, 11) is 1.50. The molecule has 2 unspecified atom stereocenters. The predicted octanol–water partition coefficient (Wildman–Crippen LogP) is 3.12. The number of aromatic hydroxyl groups is 1. The van der Waals surface area contributed by atoms with Gasteiger partial charge in [0.15, 0.2) is 0 Å². The van der Waals surface area contributed by atoms with E-state index in [1.807, 2.05) is 30.3 Å². The number of likely N-dealkylation sites (N-methyl/N-ethyl adjacent to an activating group) is 1. The Bertz CT molecular complexity index is 923. The van der Waals surface area contributed by atoms with Gasteiger partial charge in [0.2, 0.25) is 11.8 Å². The summed E-state index contributed by atoms with van der Waals surface area (Å²) in [6.45, 7) is 7.00. The number of nitrogens with one attached hydrogen (secondary N) is 2. The number of alkyl carbamates (subject to hydrolysis) is 1. The van der Waals surface area contributed by atoms with Gasteiger partial charge in [0.25, 0.3) is 0 Å². The molecule has 8 nitrogen and oxygen atoms in total. The van der Waals surface area contributed by atoms with Crippen molar-refractivity contribution in [2.24, 2.45) is 0 Å². The van der Waals surface area contributed by atoms with Crippen LogP contribution in [0.4, 0.5) is 4.79 Å². The fraction of sp³-hybridized carbons (Fsp3) is 0.375. The third-order valence-corrected chi connectivity index (χ3v) is 4.61. The maximum Gasteiger partial charge on any atom is 0.408 e. The molecule has 2 aromatic rings. The molecule has 8 heteroatoms. The minimum Gasteiger partial charge on any atom is -0.508 e. The van der Waals surface area contributed by atoms with Crippen LogP contribution in [0, 0.1) is 0 Å². The standard InChI is InChI=1S/C24H31N3O5/c1-16(26-23(31)32-24(2,3)4)22(30)27(5)20(18-11-13-19(28)14-12-18)21(29)25-15-17-9-7-6-8-10-17/h6-14,16,20,28H,15H2,1-5H3,(H,25,29)(H,26,31). The van der Waals surface area contributed by atoms with Gasteiger partial charge in [0.1, 0.15) is 23.4 Å². The van der Waals surface area contributed by atoms with Gasteiger partial charge in [-0.3, -0.25) is 9.59 Å². The molecule has 0 saturated carbocycles. The van der Waals surface area contributed by atoms with Crippen molar-refractivity contribution < 1.29 is 24.2 Å². The van der Waals surface area contributed by atoms with Crippen molar-refractivity contribution in [3.8, 4) is 5.75 Å². The zero-order chi connectivity index (χ0) is 23.9. The molecule has 0 aliphatic rings. The van der Waals surface area contributed by atoms with Crippen LogP contribution in [0.25, 0.3) is 0 Å². The highest BCUT2D eigenvalue weighted by Crippen LogP contribution is 2.23. The largest absolute Gasteiger partial charge is 0.508 e. The van der Waals surface area contributed by atoms with Crippen LogP contribution >= 0.6 is 0 Å². The predicted molar refractivity (Wildman–Crippen MR) is 121 cm³/mol. The van der Waals surface area contributed by atoms with Gasteiger partial charge in [-0.1, -0.05) is 42.5 Å². The Labute approximate surface area is 188 Å². The third-order valence-electron chi connectivity index (χ3n) is 4.61. The Morgan fingerprint density at radius 3 is 2.19 bits per heavy atom. The van der Waals surface area contributed by atoms with Gasteiger partial charge in [-0.15, -0.1) is 0 Å². The number of carbonyl (C=O) groups is 3. The van der Waals surface area contributed by atoms with Crippen LogP contribution in [0.5, 0.6) is 5.75 Å². The van der Waals surface area contributed by atoms with Crippen molar-refractivity contribution >= 4 is 17.9 Å². The number of rotatable bonds is 7. The minimum absolute atomic E-state index is 0.0473. The van der Waals surface area contributed by atoms with Crippen molar-refractivity contribution in [3.63, 3.8) is 0 Å². The molecule has 2 aromatic carbocycles. The molecular formula is C24H31N3O5. The highest BCUT2D eigenvalue weighted by Gasteiger charge is 2.32. The molecule has 0 aliphatic heterocycles. The third kappa shape index (κ3) is 7.30. The van der Waals surface area contributed by atoms with E-state index < -0.39 is 29.7 Å². The highest BCUT2D eigenvalue weighted by molar-refractivity contribution is 5.91. The first-order chi connectivity index (χ1) is 15.0. The molecule has 2 atom stereocenters. The topological polar surface area (TPSA) is 108 Å². The monoisotopic (exact) mass is 441 g/mol. The number of phenols is 1. The molecule has 0 bridgehead atoms. The number of ether oxygens (including phenoxy) is 1. The molecule has 2 rings (SSSR count). The average Bonchev–Trinajstić information content (AvgIpc) is 2.72. The van der Waals surface area contributed by atoms with Gasteiger partial charge < -0.3 is 25.4 Å². The fourth-order valence-corrected chi connectivity index (χ4v) is 3.07. The summed E-state index contributed by atoms with van der Waals surface area (Å²) in [5, 5.41) is 15.0. The second kappa shape index (κ2) is 10.7. The van der Waals surface area contributed by atoms with E-state index >= 15 is 0 Å². The first-order valence-electron chi connectivity index (χ1n) is 10.3. The molecular weight excluding hydrogens is 410 g/mol. The van der Waals surface area contributed by atoms with E-state index in [-0.39, 0.29) is 11.7 Å². The van der Waals surface area contributed by atoms with E-state index in [1.165, 1.54) is 31.0 Å². The molecule has 32 heavy (non-hydrogen) atoms. The van der Waals surface area contributed by atoms with Gasteiger partial charge in [0, 0.05) is 13.6 Å². The van der Waals surface area contributed by atoms with Gasteiger partial charge in [-0.25, -0.2) is 4.79 Å². The molecule has 172 valence electrons. The van der Waals surface area contributed by atoms with E-state index in [2.05, 4.69) is 10.6 Å². The van der Waals surface area contributed by atoms with Crippen LogP contribution in [-0.2, 0) is 20.9 Å². The molecule has 0 heterocycles. The summed E-state index contributed by atoms with van der Waals surface area (Å²) in [6.07, 6.45) is -0.721. The molecule has 0 aliphatic carbocycles. The van der Waals surface area contributed by atoms with Crippen LogP contribution in [0.1, 0.15) is 44.9 Å². The maximum atomic E-state index is 13.1.